The molecule has 3 heteroatoms. The SMILES string of the molecule is COC1CCC(Cl)N1. The van der Waals surface area contributed by atoms with Gasteiger partial charge in [0.2, 0.25) is 0 Å². The average molecular weight is 136 g/mol. The fraction of sp³-hybridized carbons (Fsp3) is 1.00. The van der Waals surface area contributed by atoms with Crippen LogP contribution in [0.1, 0.15) is 12.8 Å². The van der Waals surface area contributed by atoms with Crippen molar-refractivity contribution in [3.05, 3.63) is 0 Å². The fourth-order valence-electron chi connectivity index (χ4n) is 0.852. The second kappa shape index (κ2) is 2.67. The minimum absolute atomic E-state index is 0.125. The van der Waals surface area contributed by atoms with Crippen LogP contribution in [-0.2, 0) is 4.74 Å². The zero-order valence-corrected chi connectivity index (χ0v) is 5.61. The Bertz CT molecular complexity index is 78.8. The zero-order valence-electron chi connectivity index (χ0n) is 4.86. The van der Waals surface area contributed by atoms with E-state index in [1.54, 1.807) is 7.11 Å². The second-order valence-corrected chi connectivity index (χ2v) is 2.46. The van der Waals surface area contributed by atoms with Gasteiger partial charge >= 0.3 is 0 Å². The first kappa shape index (κ1) is 6.33. The molecule has 1 saturated heterocycles. The number of nitrogens with one attached hydrogen (secondary N) is 1. The van der Waals surface area contributed by atoms with Crippen LogP contribution >= 0.6 is 11.6 Å². The molecule has 48 valence electrons. The molecule has 0 saturated carbocycles. The summed E-state index contributed by atoms with van der Waals surface area (Å²) in [6, 6.07) is 0. The normalized spacial score (nSPS) is 38.2. The third kappa shape index (κ3) is 1.34. The maximum atomic E-state index is 5.69. The lowest BCUT2D eigenvalue weighted by molar-refractivity contribution is 0.0900. The van der Waals surface area contributed by atoms with Gasteiger partial charge in [0.1, 0.15) is 6.23 Å². The van der Waals surface area contributed by atoms with Gasteiger partial charge < -0.3 is 4.74 Å². The highest BCUT2D eigenvalue weighted by molar-refractivity contribution is 6.20. The summed E-state index contributed by atoms with van der Waals surface area (Å²) in [5, 5.41) is 3.05. The van der Waals surface area contributed by atoms with Crippen molar-refractivity contribution >= 4 is 11.6 Å². The first-order valence-corrected chi connectivity index (χ1v) is 3.19. The van der Waals surface area contributed by atoms with Gasteiger partial charge in [-0.2, -0.15) is 0 Å². The second-order valence-electron chi connectivity index (χ2n) is 1.94. The van der Waals surface area contributed by atoms with Crippen LogP contribution in [0.4, 0.5) is 0 Å². The molecule has 0 aromatic carbocycles. The molecule has 0 aromatic heterocycles. The molecular formula is C5H10ClNO. The predicted octanol–water partition coefficient (Wildman–Crippen LogP) is 0.907. The van der Waals surface area contributed by atoms with Crippen molar-refractivity contribution in [2.24, 2.45) is 0 Å². The number of hydrogen-bond donors (Lipinski definition) is 1. The quantitative estimate of drug-likeness (QED) is 0.426. The van der Waals surface area contributed by atoms with E-state index >= 15 is 0 Å². The summed E-state index contributed by atoms with van der Waals surface area (Å²) in [6.45, 7) is 0. The topological polar surface area (TPSA) is 21.3 Å². The summed E-state index contributed by atoms with van der Waals surface area (Å²) in [5.74, 6) is 0. The van der Waals surface area contributed by atoms with Crippen LogP contribution in [0.15, 0.2) is 0 Å². The molecule has 8 heavy (non-hydrogen) atoms. The van der Waals surface area contributed by atoms with Gasteiger partial charge in [0, 0.05) is 7.11 Å². The van der Waals surface area contributed by atoms with E-state index in [9.17, 15) is 0 Å². The van der Waals surface area contributed by atoms with Crippen LogP contribution < -0.4 is 5.32 Å². The van der Waals surface area contributed by atoms with Crippen molar-refractivity contribution in [2.75, 3.05) is 7.11 Å². The summed E-state index contributed by atoms with van der Waals surface area (Å²) >= 11 is 5.69. The number of rotatable bonds is 1. The van der Waals surface area contributed by atoms with Crippen molar-refractivity contribution in [1.29, 1.82) is 0 Å². The third-order valence-corrected chi connectivity index (χ3v) is 1.68. The van der Waals surface area contributed by atoms with E-state index in [-0.39, 0.29) is 11.7 Å². The Morgan fingerprint density at radius 1 is 1.62 bits per heavy atom. The van der Waals surface area contributed by atoms with Crippen molar-refractivity contribution in [2.45, 2.75) is 24.6 Å². The van der Waals surface area contributed by atoms with Crippen molar-refractivity contribution in [3.8, 4) is 0 Å². The summed E-state index contributed by atoms with van der Waals surface area (Å²) in [5.41, 5.74) is 0.125. The Hall–Kier alpha value is 0.210. The van der Waals surface area contributed by atoms with Gasteiger partial charge in [-0.1, -0.05) is 0 Å². The first-order chi connectivity index (χ1) is 3.83. The van der Waals surface area contributed by atoms with Gasteiger partial charge in [0.15, 0.2) is 0 Å². The number of halogens is 1. The van der Waals surface area contributed by atoms with Crippen LogP contribution in [-0.4, -0.2) is 18.8 Å². The highest BCUT2D eigenvalue weighted by atomic mass is 35.5. The van der Waals surface area contributed by atoms with Crippen molar-refractivity contribution in [1.82, 2.24) is 5.32 Å². The van der Waals surface area contributed by atoms with E-state index in [0.717, 1.165) is 12.8 Å². The molecule has 2 nitrogen and oxygen atoms in total. The Labute approximate surface area is 54.2 Å². The lowest BCUT2D eigenvalue weighted by Crippen LogP contribution is -2.26. The summed E-state index contributed by atoms with van der Waals surface area (Å²) in [7, 11) is 1.69. The third-order valence-electron chi connectivity index (χ3n) is 1.33. The first-order valence-electron chi connectivity index (χ1n) is 2.76. The van der Waals surface area contributed by atoms with Crippen molar-refractivity contribution < 1.29 is 4.74 Å². The summed E-state index contributed by atoms with van der Waals surface area (Å²) in [4.78, 5) is 0. The van der Waals surface area contributed by atoms with Gasteiger partial charge in [-0.15, -0.1) is 11.6 Å². The average Bonchev–Trinajstić information content (AvgIpc) is 2.14. The number of methoxy groups -OCH3 is 1. The molecule has 1 aliphatic rings. The monoisotopic (exact) mass is 135 g/mol. The van der Waals surface area contributed by atoms with Crippen molar-refractivity contribution in [3.63, 3.8) is 0 Å². The minimum atomic E-state index is 0.125. The van der Waals surface area contributed by atoms with Crippen LogP contribution in [0.5, 0.6) is 0 Å². The largest absolute Gasteiger partial charge is 0.367 e. The molecule has 0 bridgehead atoms. The Kier molecular flexibility index (Phi) is 2.11. The van der Waals surface area contributed by atoms with Gasteiger partial charge in [0.05, 0.1) is 5.50 Å². The Balaban J connectivity index is 2.22. The molecular weight excluding hydrogens is 126 g/mol. The van der Waals surface area contributed by atoms with Gasteiger partial charge in [0.25, 0.3) is 0 Å². The standard InChI is InChI=1S/C5H10ClNO/c1-8-5-3-2-4(6)7-5/h4-5,7H,2-3H2,1H3. The number of alkyl halides is 1. The lowest BCUT2D eigenvalue weighted by atomic mass is 10.4. The minimum Gasteiger partial charge on any atom is -0.367 e. The molecule has 1 rings (SSSR count). The van der Waals surface area contributed by atoms with E-state index in [4.69, 9.17) is 16.3 Å². The van der Waals surface area contributed by atoms with Crippen LogP contribution in [0.25, 0.3) is 0 Å². The molecule has 1 N–H and O–H groups in total. The molecule has 0 aliphatic carbocycles. The lowest BCUT2D eigenvalue weighted by Gasteiger charge is -2.06. The molecule has 1 aliphatic heterocycles. The van der Waals surface area contributed by atoms with Crippen LogP contribution in [0, 0.1) is 0 Å². The van der Waals surface area contributed by atoms with E-state index in [1.807, 2.05) is 0 Å². The highest BCUT2D eigenvalue weighted by Gasteiger charge is 2.20. The van der Waals surface area contributed by atoms with E-state index in [2.05, 4.69) is 5.32 Å². The number of ether oxygens (including phenoxy) is 1. The fourth-order valence-corrected chi connectivity index (χ4v) is 1.12. The Morgan fingerprint density at radius 2 is 2.38 bits per heavy atom. The highest BCUT2D eigenvalue weighted by Crippen LogP contribution is 2.14. The van der Waals surface area contributed by atoms with Gasteiger partial charge in [-0.05, 0) is 12.8 Å². The summed E-state index contributed by atoms with van der Waals surface area (Å²) in [6.07, 6.45) is 2.24. The number of hydrogen-bond acceptors (Lipinski definition) is 2. The molecule has 1 heterocycles. The maximum absolute atomic E-state index is 5.69. The molecule has 0 radical (unpaired) electrons. The van der Waals surface area contributed by atoms with E-state index in [1.165, 1.54) is 0 Å². The molecule has 0 aromatic rings. The van der Waals surface area contributed by atoms with Crippen LogP contribution in [0.3, 0.4) is 0 Å². The smallest absolute Gasteiger partial charge is 0.108 e. The Morgan fingerprint density at radius 3 is 2.62 bits per heavy atom. The maximum Gasteiger partial charge on any atom is 0.108 e. The molecule has 1 fully saturated rings. The zero-order chi connectivity index (χ0) is 5.98. The molecule has 2 atom stereocenters. The molecule has 0 amide bonds. The van der Waals surface area contributed by atoms with Gasteiger partial charge in [-0.3, -0.25) is 5.32 Å². The van der Waals surface area contributed by atoms with Gasteiger partial charge in [-0.25, -0.2) is 0 Å². The molecule has 0 spiro atoms. The van der Waals surface area contributed by atoms with Crippen LogP contribution in [0.2, 0.25) is 0 Å². The summed E-state index contributed by atoms with van der Waals surface area (Å²) < 4.78 is 4.99. The predicted molar refractivity (Wildman–Crippen MR) is 32.8 cm³/mol. The van der Waals surface area contributed by atoms with E-state index < -0.39 is 0 Å². The van der Waals surface area contributed by atoms with E-state index in [0.29, 0.717) is 0 Å². The molecule has 2 unspecified atom stereocenters.